The molecular weight excluding hydrogens is 194 g/mol. The molecular formula is C6H8N3OS2. The first-order valence-electron chi connectivity index (χ1n) is 3.41. The van der Waals surface area contributed by atoms with Crippen molar-refractivity contribution in [3.05, 3.63) is 0 Å². The molecule has 1 radical (unpaired) electrons. The largest absolute Gasteiger partial charge is 0.273 e. The van der Waals surface area contributed by atoms with Gasteiger partial charge in [0.15, 0.2) is 4.38 Å². The molecule has 0 saturated heterocycles. The Hall–Kier alpha value is -0.490. The van der Waals surface area contributed by atoms with E-state index in [1.165, 1.54) is 18.7 Å². The fourth-order valence-corrected chi connectivity index (χ4v) is 2.22. The third kappa shape index (κ3) is 2.86. The van der Waals surface area contributed by atoms with Crippen LogP contribution in [0.1, 0.15) is 13.8 Å². The number of carbonyl (C=O) groups excluding carboxylic acids is 1. The molecule has 0 aromatic heterocycles. The van der Waals surface area contributed by atoms with Crippen molar-refractivity contribution >= 4 is 39.0 Å². The molecule has 1 aliphatic heterocycles. The summed E-state index contributed by atoms with van der Waals surface area (Å²) in [5.74, 6) is 0.716. The van der Waals surface area contributed by atoms with Crippen LogP contribution in [0, 0.1) is 0 Å². The first-order chi connectivity index (χ1) is 5.72. The third-order valence-corrected chi connectivity index (χ3v) is 2.75. The van der Waals surface area contributed by atoms with Gasteiger partial charge in [-0.3, -0.25) is 4.79 Å². The monoisotopic (exact) mass is 202 g/mol. The summed E-state index contributed by atoms with van der Waals surface area (Å²) in [7, 11) is 0. The molecule has 1 heterocycles. The number of carbonyl (C=O) groups is 1. The molecule has 12 heavy (non-hydrogen) atoms. The Balaban J connectivity index is 2.46. The second kappa shape index (κ2) is 4.51. The lowest BCUT2D eigenvalue weighted by molar-refractivity contribution is -0.115. The molecule has 6 heteroatoms. The van der Waals surface area contributed by atoms with Crippen molar-refractivity contribution in [2.24, 2.45) is 10.1 Å². The van der Waals surface area contributed by atoms with Gasteiger partial charge in [-0.05, 0) is 17.5 Å². The van der Waals surface area contributed by atoms with Gasteiger partial charge in [-0.1, -0.05) is 18.7 Å². The summed E-state index contributed by atoms with van der Waals surface area (Å²) in [4.78, 5) is 14.2. The van der Waals surface area contributed by atoms with Crippen molar-refractivity contribution in [2.45, 2.75) is 13.8 Å². The Bertz CT molecular complexity index is 249. The van der Waals surface area contributed by atoms with Crippen molar-refractivity contribution < 1.29 is 4.79 Å². The SMILES string of the molecule is CCSC1=N[N]C(=NC(C)=O)S1. The van der Waals surface area contributed by atoms with Crippen molar-refractivity contribution in [1.29, 1.82) is 0 Å². The van der Waals surface area contributed by atoms with E-state index in [0.29, 0.717) is 5.17 Å². The maximum Gasteiger partial charge on any atom is 0.245 e. The van der Waals surface area contributed by atoms with Gasteiger partial charge in [0.05, 0.1) is 0 Å². The minimum absolute atomic E-state index is 0.237. The van der Waals surface area contributed by atoms with Gasteiger partial charge < -0.3 is 0 Å². The first-order valence-corrected chi connectivity index (χ1v) is 5.21. The second-order valence-corrected chi connectivity index (χ2v) is 4.38. The molecule has 4 nitrogen and oxygen atoms in total. The van der Waals surface area contributed by atoms with E-state index in [1.54, 1.807) is 11.8 Å². The van der Waals surface area contributed by atoms with Crippen LogP contribution in [0.4, 0.5) is 0 Å². The maximum absolute atomic E-state index is 10.5. The van der Waals surface area contributed by atoms with Crippen LogP contribution in [-0.4, -0.2) is 21.2 Å². The first kappa shape index (κ1) is 9.60. The van der Waals surface area contributed by atoms with E-state index in [2.05, 4.69) is 15.5 Å². The average molecular weight is 202 g/mol. The zero-order valence-electron chi connectivity index (χ0n) is 6.77. The van der Waals surface area contributed by atoms with E-state index in [0.717, 1.165) is 10.1 Å². The minimum Gasteiger partial charge on any atom is -0.273 e. The molecule has 0 atom stereocenters. The van der Waals surface area contributed by atoms with Crippen LogP contribution in [0.5, 0.6) is 0 Å². The highest BCUT2D eigenvalue weighted by Gasteiger charge is 2.16. The average Bonchev–Trinajstić information content (AvgIpc) is 2.36. The molecule has 65 valence electrons. The number of aliphatic imine (C=N–C) groups is 1. The Kier molecular flexibility index (Phi) is 3.61. The number of amidine groups is 1. The zero-order chi connectivity index (χ0) is 8.97. The summed E-state index contributed by atoms with van der Waals surface area (Å²) in [6, 6.07) is 0. The van der Waals surface area contributed by atoms with Gasteiger partial charge in [0, 0.05) is 6.92 Å². The lowest BCUT2D eigenvalue weighted by Crippen LogP contribution is -2.01. The van der Waals surface area contributed by atoms with Crippen LogP contribution in [0.3, 0.4) is 0 Å². The predicted octanol–water partition coefficient (Wildman–Crippen LogP) is 1.26. The molecule has 0 unspecified atom stereocenters. The number of thioether (sulfide) groups is 2. The summed E-state index contributed by atoms with van der Waals surface area (Å²) < 4.78 is 0.859. The van der Waals surface area contributed by atoms with Gasteiger partial charge >= 0.3 is 0 Å². The molecule has 0 aromatic rings. The van der Waals surface area contributed by atoms with Crippen molar-refractivity contribution in [3.63, 3.8) is 0 Å². The van der Waals surface area contributed by atoms with E-state index in [4.69, 9.17) is 0 Å². The Morgan fingerprint density at radius 3 is 3.08 bits per heavy atom. The molecule has 1 aliphatic rings. The quantitative estimate of drug-likeness (QED) is 0.643. The van der Waals surface area contributed by atoms with Crippen molar-refractivity contribution in [2.75, 3.05) is 5.75 Å². The van der Waals surface area contributed by atoms with E-state index in [-0.39, 0.29) is 5.91 Å². The molecule has 0 aromatic carbocycles. The zero-order valence-corrected chi connectivity index (χ0v) is 8.41. The molecule has 0 saturated carbocycles. The Morgan fingerprint density at radius 2 is 2.50 bits per heavy atom. The summed E-state index contributed by atoms with van der Waals surface area (Å²) in [5, 5.41) is 4.29. The highest BCUT2D eigenvalue weighted by molar-refractivity contribution is 8.45. The number of rotatable bonds is 1. The standard InChI is InChI=1S/C6H8N3OS2/c1-3-11-6-9-8-5(12-6)7-4(2)10/h3H2,1-2H3. The van der Waals surface area contributed by atoms with E-state index in [1.807, 2.05) is 6.92 Å². The van der Waals surface area contributed by atoms with Gasteiger partial charge in [-0.2, -0.15) is 4.99 Å². The van der Waals surface area contributed by atoms with Crippen LogP contribution in [0.2, 0.25) is 0 Å². The van der Waals surface area contributed by atoms with Crippen molar-refractivity contribution in [3.8, 4) is 0 Å². The molecule has 0 N–H and O–H groups in total. The Labute approximate surface area is 79.3 Å². The maximum atomic E-state index is 10.5. The van der Waals surface area contributed by atoms with Gasteiger partial charge in [-0.25, -0.2) is 0 Å². The molecule has 0 bridgehead atoms. The van der Waals surface area contributed by atoms with E-state index < -0.39 is 0 Å². The van der Waals surface area contributed by atoms with Crippen LogP contribution in [0.25, 0.3) is 0 Å². The molecule has 0 fully saturated rings. The molecule has 0 aliphatic carbocycles. The summed E-state index contributed by atoms with van der Waals surface area (Å²) in [5.41, 5.74) is 3.74. The highest BCUT2D eigenvalue weighted by Crippen LogP contribution is 2.22. The summed E-state index contributed by atoms with van der Waals surface area (Å²) in [6.07, 6.45) is 0. The van der Waals surface area contributed by atoms with E-state index in [9.17, 15) is 4.79 Å². The van der Waals surface area contributed by atoms with Crippen LogP contribution >= 0.6 is 23.5 Å². The number of amides is 1. The summed E-state index contributed by atoms with van der Waals surface area (Å²) >= 11 is 2.94. The van der Waals surface area contributed by atoms with Gasteiger partial charge in [0.1, 0.15) is 0 Å². The predicted molar refractivity (Wildman–Crippen MR) is 53.4 cm³/mol. The third-order valence-electron chi connectivity index (χ3n) is 0.917. The topological polar surface area (TPSA) is 55.9 Å². The minimum atomic E-state index is -0.237. The lowest BCUT2D eigenvalue weighted by Gasteiger charge is -1.90. The number of hydrogen-bond donors (Lipinski definition) is 0. The van der Waals surface area contributed by atoms with Gasteiger partial charge in [-0.15, -0.1) is 10.5 Å². The number of nitrogens with zero attached hydrogens (tertiary/aromatic N) is 3. The van der Waals surface area contributed by atoms with E-state index >= 15 is 0 Å². The smallest absolute Gasteiger partial charge is 0.245 e. The van der Waals surface area contributed by atoms with Gasteiger partial charge in [0.25, 0.3) is 0 Å². The lowest BCUT2D eigenvalue weighted by atomic mass is 10.8. The number of hydrogen-bond acceptors (Lipinski definition) is 4. The van der Waals surface area contributed by atoms with Crippen molar-refractivity contribution in [1.82, 2.24) is 5.43 Å². The Morgan fingerprint density at radius 1 is 1.75 bits per heavy atom. The summed E-state index contributed by atoms with van der Waals surface area (Å²) in [6.45, 7) is 3.43. The molecule has 1 rings (SSSR count). The fourth-order valence-electron chi connectivity index (χ4n) is 0.564. The van der Waals surface area contributed by atoms with Crippen LogP contribution < -0.4 is 5.43 Å². The fraction of sp³-hybridized carbons (Fsp3) is 0.500. The highest BCUT2D eigenvalue weighted by atomic mass is 32.2. The normalized spacial score (nSPS) is 19.2. The molecule has 0 spiro atoms. The second-order valence-electron chi connectivity index (χ2n) is 1.91. The van der Waals surface area contributed by atoms with Gasteiger partial charge in [0.2, 0.25) is 11.1 Å². The molecule has 1 amide bonds. The van der Waals surface area contributed by atoms with Crippen LogP contribution in [0.15, 0.2) is 10.1 Å². The van der Waals surface area contributed by atoms with Crippen LogP contribution in [-0.2, 0) is 4.79 Å².